The summed E-state index contributed by atoms with van der Waals surface area (Å²) < 4.78 is 19.5. The van der Waals surface area contributed by atoms with E-state index in [2.05, 4.69) is 15.0 Å². The van der Waals surface area contributed by atoms with Crippen molar-refractivity contribution in [3.63, 3.8) is 0 Å². The Balaban J connectivity index is 1.09. The Morgan fingerprint density at radius 1 is 0.467 bits per heavy atom. The number of pyridine rings is 3. The maximum atomic E-state index is 10.3. The fourth-order valence-electron chi connectivity index (χ4n) is 6.23. The number of hydrogen-bond donors (Lipinski definition) is 3. The van der Waals surface area contributed by atoms with E-state index in [-0.39, 0.29) is 35.6 Å². The third-order valence-electron chi connectivity index (χ3n) is 8.52. The van der Waals surface area contributed by atoms with Gasteiger partial charge in [0.15, 0.2) is 0 Å². The second-order valence-electron chi connectivity index (χ2n) is 11.4. The van der Waals surface area contributed by atoms with Crippen LogP contribution < -0.4 is 0 Å². The molecule has 3 aromatic carbocycles. The standard InChI is InChI=1S/C36H33N3O6/c40-31-10-7-22(28-4-1-13-37-34(28)31)19-43-25-16-26(44-20-23-8-11-32(41)35-29(23)5-2-14-38-35)18-27(17-25)45-21-24-9-12-33(42)36-30(24)6-3-15-39-36/h1-15,25-27,40-42H,16-21H2. The van der Waals surface area contributed by atoms with E-state index in [1.165, 1.54) is 0 Å². The molecule has 228 valence electrons. The number of benzene rings is 3. The molecule has 0 saturated heterocycles. The second-order valence-corrected chi connectivity index (χ2v) is 11.4. The number of rotatable bonds is 9. The maximum Gasteiger partial charge on any atom is 0.141 e. The minimum absolute atomic E-state index is 0.134. The first-order chi connectivity index (χ1) is 22.0. The van der Waals surface area contributed by atoms with Crippen LogP contribution in [0.3, 0.4) is 0 Å². The molecule has 1 aliphatic rings. The van der Waals surface area contributed by atoms with Crippen molar-refractivity contribution in [2.24, 2.45) is 0 Å². The summed E-state index contributed by atoms with van der Waals surface area (Å²) in [5.41, 5.74) is 4.50. The van der Waals surface area contributed by atoms with Crippen LogP contribution in [0.4, 0.5) is 0 Å². The molecule has 0 radical (unpaired) electrons. The molecule has 0 aliphatic heterocycles. The SMILES string of the molecule is Oc1ccc(COC2CC(OCc3ccc(O)c4ncccc34)CC(OCc3ccc(O)c4ncccc34)C2)c2cccnc12. The van der Waals surface area contributed by atoms with E-state index in [1.807, 2.05) is 54.6 Å². The molecule has 3 aromatic heterocycles. The van der Waals surface area contributed by atoms with Gasteiger partial charge in [0.25, 0.3) is 0 Å². The van der Waals surface area contributed by atoms with E-state index in [4.69, 9.17) is 14.2 Å². The third-order valence-corrected chi connectivity index (χ3v) is 8.52. The lowest BCUT2D eigenvalue weighted by Crippen LogP contribution is -2.37. The largest absolute Gasteiger partial charge is 0.506 e. The van der Waals surface area contributed by atoms with Gasteiger partial charge in [-0.1, -0.05) is 36.4 Å². The summed E-state index contributed by atoms with van der Waals surface area (Å²) in [6.07, 6.45) is 6.66. The Labute approximate surface area is 259 Å². The summed E-state index contributed by atoms with van der Waals surface area (Å²) in [4.78, 5) is 13.0. The normalized spacial score (nSPS) is 18.5. The third kappa shape index (κ3) is 6.10. The van der Waals surface area contributed by atoms with Crippen molar-refractivity contribution in [1.29, 1.82) is 0 Å². The quantitative estimate of drug-likeness (QED) is 0.166. The zero-order valence-electron chi connectivity index (χ0n) is 24.5. The molecule has 3 N–H and O–H groups in total. The van der Waals surface area contributed by atoms with Crippen molar-refractivity contribution in [3.8, 4) is 17.2 Å². The molecule has 6 aromatic rings. The molecular formula is C36H33N3O6. The van der Waals surface area contributed by atoms with Gasteiger partial charge in [0, 0.05) is 34.7 Å². The van der Waals surface area contributed by atoms with Crippen molar-refractivity contribution in [2.45, 2.75) is 57.4 Å². The van der Waals surface area contributed by atoms with Gasteiger partial charge in [-0.15, -0.1) is 0 Å². The van der Waals surface area contributed by atoms with E-state index in [0.717, 1.165) is 32.8 Å². The van der Waals surface area contributed by atoms with E-state index in [1.54, 1.807) is 36.8 Å². The number of phenols is 3. The summed E-state index contributed by atoms with van der Waals surface area (Å²) in [6, 6.07) is 21.9. The van der Waals surface area contributed by atoms with Crippen LogP contribution >= 0.6 is 0 Å². The van der Waals surface area contributed by atoms with Crippen molar-refractivity contribution in [3.05, 3.63) is 108 Å². The summed E-state index contributed by atoms with van der Waals surface area (Å²) in [7, 11) is 0. The molecule has 9 nitrogen and oxygen atoms in total. The molecule has 1 aliphatic carbocycles. The van der Waals surface area contributed by atoms with E-state index in [0.29, 0.717) is 55.6 Å². The van der Waals surface area contributed by atoms with E-state index in [9.17, 15) is 15.3 Å². The number of fused-ring (bicyclic) bond motifs is 3. The fraction of sp³-hybridized carbons (Fsp3) is 0.250. The smallest absolute Gasteiger partial charge is 0.141 e. The summed E-state index contributed by atoms with van der Waals surface area (Å²) in [5.74, 6) is 0.425. The van der Waals surface area contributed by atoms with Gasteiger partial charge in [-0.2, -0.15) is 0 Å². The predicted octanol–water partition coefficient (Wildman–Crippen LogP) is 6.69. The van der Waals surface area contributed by atoms with E-state index < -0.39 is 0 Å². The molecule has 45 heavy (non-hydrogen) atoms. The Bertz CT molecular complexity index is 1750. The Kier molecular flexibility index (Phi) is 8.13. The first-order valence-corrected chi connectivity index (χ1v) is 15.0. The van der Waals surface area contributed by atoms with Gasteiger partial charge >= 0.3 is 0 Å². The number of phenolic OH excluding ortho intramolecular Hbond substituents is 3. The minimum atomic E-state index is -0.134. The zero-order chi connectivity index (χ0) is 30.8. The molecule has 0 amide bonds. The van der Waals surface area contributed by atoms with Crippen LogP contribution in [-0.4, -0.2) is 48.6 Å². The molecule has 1 fully saturated rings. The van der Waals surface area contributed by atoms with Crippen molar-refractivity contribution < 1.29 is 29.5 Å². The average molecular weight is 604 g/mol. The minimum Gasteiger partial charge on any atom is -0.506 e. The molecule has 0 atom stereocenters. The van der Waals surface area contributed by atoms with E-state index >= 15 is 0 Å². The van der Waals surface area contributed by atoms with Gasteiger partial charge in [0.1, 0.15) is 33.8 Å². The van der Waals surface area contributed by atoms with Gasteiger partial charge in [-0.05, 0) is 72.4 Å². The van der Waals surface area contributed by atoms with Gasteiger partial charge in [-0.3, -0.25) is 15.0 Å². The number of ether oxygens (including phenoxy) is 3. The van der Waals surface area contributed by atoms with Gasteiger partial charge in [-0.25, -0.2) is 0 Å². The number of aromatic nitrogens is 3. The van der Waals surface area contributed by atoms with Crippen LogP contribution in [0.2, 0.25) is 0 Å². The first-order valence-electron chi connectivity index (χ1n) is 15.0. The molecule has 0 bridgehead atoms. The van der Waals surface area contributed by atoms with Crippen LogP contribution in [-0.2, 0) is 34.0 Å². The molecule has 0 spiro atoms. The monoisotopic (exact) mass is 603 g/mol. The highest BCUT2D eigenvalue weighted by atomic mass is 16.5. The molecule has 3 heterocycles. The highest BCUT2D eigenvalue weighted by Gasteiger charge is 2.31. The second kappa shape index (κ2) is 12.6. The Morgan fingerprint density at radius 2 is 0.778 bits per heavy atom. The lowest BCUT2D eigenvalue weighted by Gasteiger charge is -2.35. The summed E-state index contributed by atoms with van der Waals surface area (Å²) in [6.45, 7) is 1.07. The van der Waals surface area contributed by atoms with Gasteiger partial charge in [0.2, 0.25) is 0 Å². The number of aromatic hydroxyl groups is 3. The maximum absolute atomic E-state index is 10.3. The molecule has 0 unspecified atom stereocenters. The highest BCUT2D eigenvalue weighted by molar-refractivity contribution is 5.88. The van der Waals surface area contributed by atoms with Crippen molar-refractivity contribution >= 4 is 32.7 Å². The first kappa shape index (κ1) is 28.9. The summed E-state index contributed by atoms with van der Waals surface area (Å²) >= 11 is 0. The fourth-order valence-corrected chi connectivity index (χ4v) is 6.23. The highest BCUT2D eigenvalue weighted by Crippen LogP contribution is 2.33. The number of nitrogens with zero attached hydrogens (tertiary/aromatic N) is 3. The zero-order valence-corrected chi connectivity index (χ0v) is 24.5. The molecule has 9 heteroatoms. The summed E-state index contributed by atoms with van der Waals surface area (Å²) in [5, 5.41) is 33.4. The lowest BCUT2D eigenvalue weighted by atomic mass is 9.91. The van der Waals surface area contributed by atoms with Crippen LogP contribution in [0.25, 0.3) is 32.7 Å². The Hall–Kier alpha value is -4.83. The Morgan fingerprint density at radius 3 is 1.09 bits per heavy atom. The van der Waals surface area contributed by atoms with Gasteiger partial charge < -0.3 is 29.5 Å². The van der Waals surface area contributed by atoms with Crippen LogP contribution in [0, 0.1) is 0 Å². The molecule has 7 rings (SSSR count). The van der Waals surface area contributed by atoms with Crippen molar-refractivity contribution in [2.75, 3.05) is 0 Å². The molecular weight excluding hydrogens is 570 g/mol. The lowest BCUT2D eigenvalue weighted by molar-refractivity contribution is -0.111. The van der Waals surface area contributed by atoms with Crippen LogP contribution in [0.1, 0.15) is 36.0 Å². The van der Waals surface area contributed by atoms with Gasteiger partial charge in [0.05, 0.1) is 38.1 Å². The van der Waals surface area contributed by atoms with Crippen LogP contribution in [0.15, 0.2) is 91.4 Å². The topological polar surface area (TPSA) is 127 Å². The van der Waals surface area contributed by atoms with Crippen LogP contribution in [0.5, 0.6) is 17.2 Å². The predicted molar refractivity (Wildman–Crippen MR) is 170 cm³/mol. The number of hydrogen-bond acceptors (Lipinski definition) is 9. The average Bonchev–Trinajstić information content (AvgIpc) is 3.08. The van der Waals surface area contributed by atoms with Crippen molar-refractivity contribution in [1.82, 2.24) is 15.0 Å². The molecule has 1 saturated carbocycles.